The van der Waals surface area contributed by atoms with E-state index in [1.165, 1.54) is 12.3 Å². The van der Waals surface area contributed by atoms with Crippen LogP contribution in [0.1, 0.15) is 86.2 Å². The average Bonchev–Trinajstić information content (AvgIpc) is 4.13. The third-order valence-corrected chi connectivity index (χ3v) is 12.5. The molecule has 0 unspecified atom stereocenters. The lowest BCUT2D eigenvalue weighted by atomic mass is 9.94. The minimum atomic E-state index is -0.670. The molecule has 2 aliphatic heterocycles. The Morgan fingerprint density at radius 3 is 2.00 bits per heavy atom. The number of hydrogen-bond acceptors (Lipinski definition) is 14. The van der Waals surface area contributed by atoms with Crippen molar-refractivity contribution in [2.24, 2.45) is 27.6 Å². The number of nitrogens with zero attached hydrogens (tertiary/aromatic N) is 13. The molecule has 2 fully saturated rings. The second-order valence-electron chi connectivity index (χ2n) is 17.2. The standard InChI is InChI=1S/C47H60N18O5/c1-6-64-36(23-29(3)58-64)44(68)55-46-53-34-25-32(40(48)66)27-38(70-22-10-15-60-18-11-31(12-19-60)42(57-50-5)61-20-13-51-14-21-61)39(34)62(46)16-8-9-17-63-43-35(26-33(28-52-43)41(49)67)54-47(63)56-45(69)37-24-30(4)59-65(37)7-2/h8-9,23-28,31,51H,5-7,10-22H2,1-4H3,(H2,48,66)(H2,49,67)(H,53,55,68)(H,54,56,69)/b9-8+,57-42-. The maximum atomic E-state index is 13.9. The summed E-state index contributed by atoms with van der Waals surface area (Å²) in [6.07, 6.45) is 7.70. The van der Waals surface area contributed by atoms with Crippen molar-refractivity contribution >= 4 is 70.3 Å². The van der Waals surface area contributed by atoms with Crippen LogP contribution in [0.5, 0.6) is 5.75 Å². The van der Waals surface area contributed by atoms with Crippen LogP contribution in [0.25, 0.3) is 22.2 Å². The van der Waals surface area contributed by atoms with Crippen LogP contribution in [0, 0.1) is 19.8 Å². The van der Waals surface area contributed by atoms with E-state index in [2.05, 4.69) is 62.8 Å². The minimum Gasteiger partial charge on any atom is -0.491 e. The highest BCUT2D eigenvalue weighted by Gasteiger charge is 2.28. The second kappa shape index (κ2) is 21.7. The molecule has 1 aromatic carbocycles. The summed E-state index contributed by atoms with van der Waals surface area (Å²) in [6.45, 7) is 18.9. The van der Waals surface area contributed by atoms with Crippen LogP contribution in [0.15, 0.2) is 58.9 Å². The zero-order valence-corrected chi connectivity index (χ0v) is 40.0. The van der Waals surface area contributed by atoms with Crippen molar-refractivity contribution in [3.63, 3.8) is 0 Å². The number of nitrogens with one attached hydrogen (secondary N) is 3. The molecule has 7 N–H and O–H groups in total. The number of pyridine rings is 1. The number of primary amides is 2. The lowest BCUT2D eigenvalue weighted by Crippen LogP contribution is -2.50. The number of anilines is 2. The van der Waals surface area contributed by atoms with Crippen molar-refractivity contribution in [2.75, 3.05) is 63.1 Å². The van der Waals surface area contributed by atoms with Crippen molar-refractivity contribution in [1.29, 1.82) is 0 Å². The van der Waals surface area contributed by atoms with E-state index in [4.69, 9.17) is 21.2 Å². The van der Waals surface area contributed by atoms with E-state index in [0.717, 1.165) is 64.5 Å². The molecule has 2 aliphatic rings. The van der Waals surface area contributed by atoms with Gasteiger partial charge in [0.15, 0.2) is 5.65 Å². The number of ether oxygens (including phenoxy) is 1. The number of carbonyl (C=O) groups is 4. The smallest absolute Gasteiger partial charge is 0.276 e. The number of carbonyl (C=O) groups excluding carboxylic acids is 4. The highest BCUT2D eigenvalue weighted by atomic mass is 16.5. The number of amidine groups is 1. The molecule has 23 heteroatoms. The van der Waals surface area contributed by atoms with Crippen LogP contribution in [-0.2, 0) is 26.2 Å². The van der Waals surface area contributed by atoms with Crippen LogP contribution in [0.4, 0.5) is 11.9 Å². The number of amides is 4. The van der Waals surface area contributed by atoms with E-state index < -0.39 is 23.6 Å². The zero-order chi connectivity index (χ0) is 49.5. The molecule has 0 aliphatic carbocycles. The number of imidazole rings is 2. The first kappa shape index (κ1) is 48.7. The summed E-state index contributed by atoms with van der Waals surface area (Å²) < 4.78 is 13.2. The Bertz CT molecular complexity index is 2980. The Balaban J connectivity index is 1.05. The lowest BCUT2D eigenvalue weighted by Gasteiger charge is -2.37. The van der Waals surface area contributed by atoms with Crippen molar-refractivity contribution in [3.8, 4) is 5.75 Å². The molecular formula is C47H60N18O5. The number of piperazine rings is 1. The Morgan fingerprint density at radius 2 is 1.40 bits per heavy atom. The maximum Gasteiger partial charge on any atom is 0.276 e. The maximum absolute atomic E-state index is 13.9. The Morgan fingerprint density at radius 1 is 0.814 bits per heavy atom. The fourth-order valence-electron chi connectivity index (χ4n) is 9.05. The highest BCUT2D eigenvalue weighted by molar-refractivity contribution is 6.05. The molecule has 4 amide bonds. The molecule has 23 nitrogen and oxygen atoms in total. The summed E-state index contributed by atoms with van der Waals surface area (Å²) in [7, 11) is 0. The molecule has 0 saturated carbocycles. The van der Waals surface area contributed by atoms with E-state index in [-0.39, 0.29) is 36.1 Å². The Labute approximate surface area is 404 Å². The zero-order valence-electron chi connectivity index (χ0n) is 40.0. The van der Waals surface area contributed by atoms with Crippen LogP contribution < -0.4 is 32.2 Å². The molecule has 5 aromatic heterocycles. The second-order valence-corrected chi connectivity index (χ2v) is 17.2. The van der Waals surface area contributed by atoms with Gasteiger partial charge in [0.2, 0.25) is 23.7 Å². The predicted octanol–water partition coefficient (Wildman–Crippen LogP) is 3.19. The third kappa shape index (κ3) is 10.7. The minimum absolute atomic E-state index is 0.161. The molecule has 6 aromatic rings. The number of rotatable bonds is 19. The van der Waals surface area contributed by atoms with Crippen LogP contribution >= 0.6 is 0 Å². The number of likely N-dealkylation sites (tertiary alicyclic amines) is 1. The predicted molar refractivity (Wildman–Crippen MR) is 265 cm³/mol. The Hall–Kier alpha value is -7.79. The van der Waals surface area contributed by atoms with Gasteiger partial charge in [-0.2, -0.15) is 15.3 Å². The summed E-state index contributed by atoms with van der Waals surface area (Å²) in [5, 5.41) is 26.5. The average molecular weight is 957 g/mol. The van der Waals surface area contributed by atoms with Gasteiger partial charge < -0.3 is 35.9 Å². The van der Waals surface area contributed by atoms with Gasteiger partial charge >= 0.3 is 0 Å². The van der Waals surface area contributed by atoms with Gasteiger partial charge in [-0.1, -0.05) is 12.2 Å². The summed E-state index contributed by atoms with van der Waals surface area (Å²) in [5.74, 6) is -0.0914. The molecule has 70 heavy (non-hydrogen) atoms. The molecule has 7 heterocycles. The lowest BCUT2D eigenvalue weighted by molar-refractivity contribution is 0.0991. The number of benzene rings is 1. The van der Waals surface area contributed by atoms with Gasteiger partial charge in [-0.3, -0.25) is 43.7 Å². The van der Waals surface area contributed by atoms with Crippen LogP contribution in [0.3, 0.4) is 0 Å². The molecule has 0 atom stereocenters. The molecule has 368 valence electrons. The molecule has 2 saturated heterocycles. The molecule has 0 spiro atoms. The number of fused-ring (bicyclic) bond motifs is 2. The number of piperidine rings is 1. The SMILES string of the molecule is C=N/N=C(/C1CCN(CCCOc2cc(C(N)=O)cc3nc(NC(=O)c4cc(C)nn4CC)n(C/C=C/Cn4c(NC(=O)c5cc(C)nn5CC)nc5cc(C(N)=O)cnc54)c23)CC1)N1CCNCC1. The first-order valence-corrected chi connectivity index (χ1v) is 23.6. The normalized spacial score (nSPS) is 15.0. The molecule has 8 rings (SSSR count). The number of aromatic nitrogens is 9. The first-order chi connectivity index (χ1) is 33.8. The topological polar surface area (TPSA) is 281 Å². The summed E-state index contributed by atoms with van der Waals surface area (Å²) in [5.41, 5.74) is 15.5. The van der Waals surface area contributed by atoms with Gasteiger partial charge in [-0.25, -0.2) is 15.0 Å². The number of allylic oxidation sites excluding steroid dienone is 2. The highest BCUT2D eigenvalue weighted by Crippen LogP contribution is 2.32. The quantitative estimate of drug-likeness (QED) is 0.0257. The van der Waals surface area contributed by atoms with Crippen LogP contribution in [0.2, 0.25) is 0 Å². The molecule has 0 radical (unpaired) electrons. The molecular weight excluding hydrogens is 897 g/mol. The van der Waals surface area contributed by atoms with Gasteiger partial charge in [0.25, 0.3) is 11.8 Å². The largest absolute Gasteiger partial charge is 0.491 e. The fraction of sp³-hybridized carbons (Fsp3) is 0.426. The van der Waals surface area contributed by atoms with E-state index >= 15 is 0 Å². The van der Waals surface area contributed by atoms with E-state index in [0.29, 0.717) is 82.8 Å². The first-order valence-electron chi connectivity index (χ1n) is 23.6. The van der Waals surface area contributed by atoms with E-state index in [9.17, 15) is 19.2 Å². The van der Waals surface area contributed by atoms with Gasteiger partial charge in [-0.15, -0.1) is 5.10 Å². The van der Waals surface area contributed by atoms with E-state index in [1.807, 2.05) is 32.9 Å². The number of hydrogen-bond donors (Lipinski definition) is 5. The summed E-state index contributed by atoms with van der Waals surface area (Å²) in [6, 6.07) is 8.10. The van der Waals surface area contributed by atoms with E-state index in [1.54, 1.807) is 49.7 Å². The third-order valence-electron chi connectivity index (χ3n) is 12.5. The van der Waals surface area contributed by atoms with Gasteiger partial charge in [-0.05, 0) is 90.4 Å². The van der Waals surface area contributed by atoms with Gasteiger partial charge in [0.1, 0.15) is 34.0 Å². The monoisotopic (exact) mass is 956 g/mol. The summed E-state index contributed by atoms with van der Waals surface area (Å²) >= 11 is 0. The fourth-order valence-corrected chi connectivity index (χ4v) is 9.05. The van der Waals surface area contributed by atoms with Crippen molar-refractivity contribution in [2.45, 2.75) is 73.1 Å². The summed E-state index contributed by atoms with van der Waals surface area (Å²) in [4.78, 5) is 71.0. The molecule has 0 bridgehead atoms. The van der Waals surface area contributed by atoms with Crippen molar-refractivity contribution < 1.29 is 23.9 Å². The Kier molecular flexibility index (Phi) is 15.1. The number of aryl methyl sites for hydroxylation is 4. The number of nitrogens with two attached hydrogens (primary N) is 2. The van der Waals surface area contributed by atoms with Crippen molar-refractivity contribution in [3.05, 3.63) is 82.6 Å². The van der Waals surface area contributed by atoms with Gasteiger partial charge in [0, 0.05) is 83.3 Å². The van der Waals surface area contributed by atoms with Crippen LogP contribution in [-0.4, -0.2) is 142 Å². The van der Waals surface area contributed by atoms with Crippen molar-refractivity contribution in [1.82, 2.24) is 58.8 Å². The van der Waals surface area contributed by atoms with Gasteiger partial charge in [0.05, 0.1) is 29.1 Å².